The van der Waals surface area contributed by atoms with Gasteiger partial charge in [0.2, 0.25) is 0 Å². The number of β-amino-alcohol motifs (C(OH)–C–C–N with tert-alkyl or cyclic N) is 1. The molecule has 1 amide bonds. The minimum Gasteiger partial charge on any atom is -0.395 e. The maximum Gasteiger partial charge on any atom is 0.255 e. The van der Waals surface area contributed by atoms with Gasteiger partial charge in [-0.15, -0.1) is 0 Å². The van der Waals surface area contributed by atoms with Crippen LogP contribution in [0.5, 0.6) is 0 Å². The van der Waals surface area contributed by atoms with Gasteiger partial charge in [-0.1, -0.05) is 0 Å². The number of aromatic nitrogens is 1. The summed E-state index contributed by atoms with van der Waals surface area (Å²) in [4.78, 5) is 21.0. The fraction of sp³-hybridized carbons (Fsp3) is 0.600. The predicted octanol–water partition coefficient (Wildman–Crippen LogP) is 0.839. The van der Waals surface area contributed by atoms with Crippen LogP contribution in [0.15, 0.2) is 12.1 Å². The van der Waals surface area contributed by atoms with Gasteiger partial charge in [0.05, 0.1) is 17.9 Å². The standard InChI is InChI=1S/C15H23N3O2/c1-12-4-5-14(13(2)16-12)15(20)18-7-3-6-17(8-9-18)10-11-19/h4-5,19H,3,6-11H2,1-2H3. The van der Waals surface area contributed by atoms with E-state index in [2.05, 4.69) is 9.88 Å². The average molecular weight is 277 g/mol. The van der Waals surface area contributed by atoms with Gasteiger partial charge in [-0.25, -0.2) is 0 Å². The molecule has 5 heteroatoms. The fourth-order valence-corrected chi connectivity index (χ4v) is 2.62. The van der Waals surface area contributed by atoms with Crippen molar-refractivity contribution in [1.82, 2.24) is 14.8 Å². The Hall–Kier alpha value is -1.46. The molecule has 0 aromatic carbocycles. The third-order valence-corrected chi connectivity index (χ3v) is 3.75. The summed E-state index contributed by atoms with van der Waals surface area (Å²) in [5.74, 6) is 0.0702. The zero-order valence-electron chi connectivity index (χ0n) is 12.3. The van der Waals surface area contributed by atoms with Gasteiger partial charge in [0, 0.05) is 31.9 Å². The minimum atomic E-state index is 0.0702. The number of carbonyl (C=O) groups excluding carboxylic acids is 1. The number of hydrogen-bond donors (Lipinski definition) is 1. The second kappa shape index (κ2) is 6.81. The van der Waals surface area contributed by atoms with Crippen molar-refractivity contribution in [3.05, 3.63) is 29.1 Å². The molecule has 0 saturated carbocycles. The number of pyridine rings is 1. The van der Waals surface area contributed by atoms with Gasteiger partial charge in [0.25, 0.3) is 5.91 Å². The van der Waals surface area contributed by atoms with Crippen molar-refractivity contribution in [3.63, 3.8) is 0 Å². The molecule has 20 heavy (non-hydrogen) atoms. The topological polar surface area (TPSA) is 56.7 Å². The summed E-state index contributed by atoms with van der Waals surface area (Å²) in [7, 11) is 0. The number of aliphatic hydroxyl groups is 1. The van der Waals surface area contributed by atoms with E-state index >= 15 is 0 Å². The van der Waals surface area contributed by atoms with Crippen LogP contribution >= 0.6 is 0 Å². The summed E-state index contributed by atoms with van der Waals surface area (Å²) in [6, 6.07) is 3.76. The van der Waals surface area contributed by atoms with E-state index in [9.17, 15) is 4.79 Å². The molecule has 1 fully saturated rings. The first-order valence-corrected chi connectivity index (χ1v) is 7.18. The van der Waals surface area contributed by atoms with Crippen LogP contribution < -0.4 is 0 Å². The summed E-state index contributed by atoms with van der Waals surface area (Å²) in [5.41, 5.74) is 2.43. The number of nitrogens with zero attached hydrogens (tertiary/aromatic N) is 3. The molecule has 1 aliphatic heterocycles. The molecule has 0 spiro atoms. The smallest absolute Gasteiger partial charge is 0.255 e. The van der Waals surface area contributed by atoms with E-state index in [0.29, 0.717) is 18.7 Å². The molecule has 1 aliphatic rings. The molecule has 2 heterocycles. The van der Waals surface area contributed by atoms with Crippen molar-refractivity contribution in [2.75, 3.05) is 39.3 Å². The lowest BCUT2D eigenvalue weighted by molar-refractivity contribution is 0.0759. The summed E-state index contributed by atoms with van der Waals surface area (Å²) < 4.78 is 0. The molecule has 1 aromatic heterocycles. The molecule has 1 aromatic rings. The Morgan fingerprint density at radius 2 is 2.05 bits per heavy atom. The minimum absolute atomic E-state index is 0.0702. The van der Waals surface area contributed by atoms with E-state index in [-0.39, 0.29) is 12.5 Å². The third-order valence-electron chi connectivity index (χ3n) is 3.75. The van der Waals surface area contributed by atoms with Crippen molar-refractivity contribution in [2.24, 2.45) is 0 Å². The Bertz CT molecular complexity index is 476. The molecule has 0 unspecified atom stereocenters. The molecule has 2 rings (SSSR count). The van der Waals surface area contributed by atoms with E-state index in [1.807, 2.05) is 30.9 Å². The summed E-state index contributed by atoms with van der Waals surface area (Å²) in [6.07, 6.45) is 0.948. The maximum absolute atomic E-state index is 12.6. The largest absolute Gasteiger partial charge is 0.395 e. The average Bonchev–Trinajstić information content (AvgIpc) is 2.64. The van der Waals surface area contributed by atoms with Crippen LogP contribution in [0.4, 0.5) is 0 Å². The first kappa shape index (κ1) is 14.9. The monoisotopic (exact) mass is 277 g/mol. The van der Waals surface area contributed by atoms with Crippen molar-refractivity contribution < 1.29 is 9.90 Å². The molecular weight excluding hydrogens is 254 g/mol. The van der Waals surface area contributed by atoms with Crippen molar-refractivity contribution >= 4 is 5.91 Å². The van der Waals surface area contributed by atoms with Crippen molar-refractivity contribution in [1.29, 1.82) is 0 Å². The maximum atomic E-state index is 12.6. The van der Waals surface area contributed by atoms with Crippen molar-refractivity contribution in [3.8, 4) is 0 Å². The van der Waals surface area contributed by atoms with Gasteiger partial charge in [-0.2, -0.15) is 0 Å². The molecule has 0 radical (unpaired) electrons. The number of carbonyl (C=O) groups is 1. The van der Waals surface area contributed by atoms with Gasteiger partial charge >= 0.3 is 0 Å². The Balaban J connectivity index is 2.05. The molecule has 110 valence electrons. The number of rotatable bonds is 3. The van der Waals surface area contributed by atoms with Crippen LogP contribution in [0.25, 0.3) is 0 Å². The number of amides is 1. The summed E-state index contributed by atoms with van der Waals surface area (Å²) in [5, 5.41) is 9.00. The van der Waals surface area contributed by atoms with Gasteiger partial charge in [-0.05, 0) is 38.9 Å². The van der Waals surface area contributed by atoms with Crippen LogP contribution in [-0.4, -0.2) is 65.1 Å². The van der Waals surface area contributed by atoms with Gasteiger partial charge in [0.15, 0.2) is 0 Å². The first-order valence-electron chi connectivity index (χ1n) is 7.18. The lowest BCUT2D eigenvalue weighted by Gasteiger charge is -2.22. The van der Waals surface area contributed by atoms with Crippen LogP contribution in [0.1, 0.15) is 28.2 Å². The number of hydrogen-bond acceptors (Lipinski definition) is 4. The van der Waals surface area contributed by atoms with E-state index < -0.39 is 0 Å². The highest BCUT2D eigenvalue weighted by molar-refractivity contribution is 5.95. The highest BCUT2D eigenvalue weighted by atomic mass is 16.3. The highest BCUT2D eigenvalue weighted by Crippen LogP contribution is 2.12. The molecule has 0 aliphatic carbocycles. The molecule has 0 bridgehead atoms. The molecular formula is C15H23N3O2. The summed E-state index contributed by atoms with van der Waals surface area (Å²) >= 11 is 0. The van der Waals surface area contributed by atoms with Crippen molar-refractivity contribution in [2.45, 2.75) is 20.3 Å². The lowest BCUT2D eigenvalue weighted by Crippen LogP contribution is -2.36. The summed E-state index contributed by atoms with van der Waals surface area (Å²) in [6.45, 7) is 7.93. The third kappa shape index (κ3) is 3.55. The predicted molar refractivity (Wildman–Crippen MR) is 77.8 cm³/mol. The van der Waals surface area contributed by atoms with Crippen LogP contribution in [0.2, 0.25) is 0 Å². The molecule has 5 nitrogen and oxygen atoms in total. The SMILES string of the molecule is Cc1ccc(C(=O)N2CCCN(CCO)CC2)c(C)n1. The van der Waals surface area contributed by atoms with Crippen LogP contribution in [0.3, 0.4) is 0 Å². The number of aryl methyl sites for hydroxylation is 2. The van der Waals surface area contributed by atoms with E-state index in [1.54, 1.807) is 0 Å². The fourth-order valence-electron chi connectivity index (χ4n) is 2.62. The Morgan fingerprint density at radius 3 is 2.75 bits per heavy atom. The van der Waals surface area contributed by atoms with Crippen LogP contribution in [-0.2, 0) is 0 Å². The number of aliphatic hydroxyl groups excluding tert-OH is 1. The Kier molecular flexibility index (Phi) is 5.09. The van der Waals surface area contributed by atoms with E-state index in [4.69, 9.17) is 5.11 Å². The van der Waals surface area contributed by atoms with Gasteiger partial charge in [0.1, 0.15) is 0 Å². The van der Waals surface area contributed by atoms with E-state index in [1.165, 1.54) is 0 Å². The quantitative estimate of drug-likeness (QED) is 0.889. The van der Waals surface area contributed by atoms with Crippen LogP contribution in [0, 0.1) is 13.8 Å². The Morgan fingerprint density at radius 1 is 1.25 bits per heavy atom. The molecule has 0 atom stereocenters. The normalized spacial score (nSPS) is 17.1. The second-order valence-electron chi connectivity index (χ2n) is 5.30. The van der Waals surface area contributed by atoms with E-state index in [0.717, 1.165) is 37.4 Å². The highest BCUT2D eigenvalue weighted by Gasteiger charge is 2.21. The molecule has 1 saturated heterocycles. The second-order valence-corrected chi connectivity index (χ2v) is 5.30. The Labute approximate surface area is 120 Å². The van der Waals surface area contributed by atoms with Gasteiger partial charge < -0.3 is 10.0 Å². The molecule has 1 N–H and O–H groups in total. The van der Waals surface area contributed by atoms with Gasteiger partial charge in [-0.3, -0.25) is 14.7 Å². The zero-order chi connectivity index (χ0) is 14.5. The first-order chi connectivity index (χ1) is 9.61. The lowest BCUT2D eigenvalue weighted by atomic mass is 10.1. The zero-order valence-corrected chi connectivity index (χ0v) is 12.3.